The summed E-state index contributed by atoms with van der Waals surface area (Å²) in [7, 11) is 1.72. The number of pyridine rings is 1. The second-order valence-electron chi connectivity index (χ2n) is 8.42. The van der Waals surface area contributed by atoms with Gasteiger partial charge in [0.25, 0.3) is 6.01 Å². The Hall–Kier alpha value is -2.24. The van der Waals surface area contributed by atoms with Gasteiger partial charge in [-0.2, -0.15) is 10.1 Å². The first-order valence-corrected chi connectivity index (χ1v) is 11.6. The number of methoxy groups -OCH3 is 1. The molecule has 33 heavy (non-hydrogen) atoms. The predicted molar refractivity (Wildman–Crippen MR) is 120 cm³/mol. The Morgan fingerprint density at radius 1 is 1.21 bits per heavy atom. The van der Waals surface area contributed by atoms with Crippen LogP contribution in [0.25, 0.3) is 11.2 Å². The van der Waals surface area contributed by atoms with E-state index in [1.165, 1.54) is 0 Å². The van der Waals surface area contributed by atoms with Gasteiger partial charge in [0.15, 0.2) is 11.8 Å². The Morgan fingerprint density at radius 3 is 2.97 bits per heavy atom. The predicted octanol–water partition coefficient (Wildman–Crippen LogP) is 1.93. The number of unbranched alkanes of at least 4 members (excludes halogenated alkanes) is 1. The zero-order valence-corrected chi connectivity index (χ0v) is 19.2. The molecule has 2 aliphatic heterocycles. The van der Waals surface area contributed by atoms with Gasteiger partial charge in [-0.25, -0.2) is 4.98 Å². The van der Waals surface area contributed by atoms with Crippen LogP contribution in [0.4, 0.5) is 0 Å². The lowest BCUT2D eigenvalue weighted by Gasteiger charge is -2.15. The number of aryl methyl sites for hydroxylation is 3. The first-order chi connectivity index (χ1) is 16.1. The highest BCUT2D eigenvalue weighted by Gasteiger charge is 2.48. The van der Waals surface area contributed by atoms with Gasteiger partial charge in [-0.1, -0.05) is 11.6 Å². The molecule has 4 atom stereocenters. The van der Waals surface area contributed by atoms with Crippen LogP contribution in [0.2, 0.25) is 5.02 Å². The molecule has 0 aliphatic carbocycles. The van der Waals surface area contributed by atoms with E-state index in [1.807, 2.05) is 23.0 Å². The van der Waals surface area contributed by atoms with E-state index in [1.54, 1.807) is 7.11 Å². The number of halogens is 1. The molecule has 0 unspecified atom stereocenters. The number of nitrogens with zero attached hydrogens (tertiary/aromatic N) is 4. The van der Waals surface area contributed by atoms with E-state index >= 15 is 0 Å². The number of imidazole rings is 1. The van der Waals surface area contributed by atoms with E-state index in [0.717, 1.165) is 43.8 Å². The number of H-pyrrole nitrogens is 1. The third-order valence-electron chi connectivity index (χ3n) is 6.02. The summed E-state index contributed by atoms with van der Waals surface area (Å²) in [6.45, 7) is 2.24. The maximum absolute atomic E-state index is 9.89. The van der Waals surface area contributed by atoms with Crippen LogP contribution >= 0.6 is 11.6 Å². The smallest absolute Gasteiger partial charge is 0.296 e. The molecule has 5 heterocycles. The molecule has 2 aliphatic rings. The fraction of sp³-hybridized carbons (Fsp3) is 0.591. The van der Waals surface area contributed by atoms with Gasteiger partial charge in [0.05, 0.1) is 35.1 Å². The third kappa shape index (κ3) is 4.99. The maximum Gasteiger partial charge on any atom is 0.296 e. The van der Waals surface area contributed by atoms with Gasteiger partial charge in [0.1, 0.15) is 18.3 Å². The summed E-state index contributed by atoms with van der Waals surface area (Å²) in [4.78, 5) is 12.2. The van der Waals surface area contributed by atoms with Crippen molar-refractivity contribution < 1.29 is 24.1 Å². The van der Waals surface area contributed by atoms with E-state index in [9.17, 15) is 5.11 Å². The van der Waals surface area contributed by atoms with Crippen LogP contribution in [0.1, 0.15) is 24.2 Å². The zero-order chi connectivity index (χ0) is 22.8. The van der Waals surface area contributed by atoms with E-state index in [2.05, 4.69) is 20.1 Å². The molecule has 2 fully saturated rings. The molecule has 0 spiro atoms. The number of fused-ring (bicyclic) bond motifs is 2. The van der Waals surface area contributed by atoms with Gasteiger partial charge in [-0.05, 0) is 37.8 Å². The molecule has 0 saturated carbocycles. The largest absolute Gasteiger partial charge is 0.456 e. The Kier molecular flexibility index (Phi) is 6.79. The van der Waals surface area contributed by atoms with Crippen molar-refractivity contribution in [2.24, 2.45) is 0 Å². The van der Waals surface area contributed by atoms with Gasteiger partial charge in [-0.3, -0.25) is 4.68 Å². The summed E-state index contributed by atoms with van der Waals surface area (Å²) in [6, 6.07) is 4.18. The molecule has 178 valence electrons. The molecule has 3 aromatic heterocycles. The molecular formula is C22H28ClN5O5. The number of aliphatic hydroxyl groups is 1. The molecule has 2 saturated heterocycles. The molecule has 3 aromatic rings. The lowest BCUT2D eigenvalue weighted by Crippen LogP contribution is -2.34. The number of hydrogen-bond acceptors (Lipinski definition) is 8. The van der Waals surface area contributed by atoms with E-state index < -0.39 is 6.10 Å². The van der Waals surface area contributed by atoms with Crippen molar-refractivity contribution in [3.8, 4) is 6.01 Å². The average molecular weight is 478 g/mol. The number of nitrogens with one attached hydrogen (secondary N) is 1. The van der Waals surface area contributed by atoms with Crippen LogP contribution in [0, 0.1) is 0 Å². The average Bonchev–Trinajstić information content (AvgIpc) is 3.57. The highest BCUT2D eigenvalue weighted by atomic mass is 35.5. The van der Waals surface area contributed by atoms with Crippen LogP contribution in [-0.4, -0.2) is 81.2 Å². The molecular weight excluding hydrogens is 450 g/mol. The van der Waals surface area contributed by atoms with Gasteiger partial charge in [-0.15, -0.1) is 0 Å². The number of aromatic nitrogens is 5. The van der Waals surface area contributed by atoms with Crippen molar-refractivity contribution >= 4 is 22.8 Å². The summed E-state index contributed by atoms with van der Waals surface area (Å²) in [6.07, 6.45) is 3.82. The summed E-state index contributed by atoms with van der Waals surface area (Å²) in [5.41, 5.74) is 3.00. The van der Waals surface area contributed by atoms with Gasteiger partial charge < -0.3 is 29.0 Å². The molecule has 11 heteroatoms. The minimum Gasteiger partial charge on any atom is -0.456 e. The molecule has 0 amide bonds. The van der Waals surface area contributed by atoms with Crippen molar-refractivity contribution in [1.29, 1.82) is 0 Å². The van der Waals surface area contributed by atoms with E-state index in [0.29, 0.717) is 35.2 Å². The molecule has 10 nitrogen and oxygen atoms in total. The lowest BCUT2D eigenvalue weighted by atomic mass is 10.1. The van der Waals surface area contributed by atoms with Crippen molar-refractivity contribution in [3.05, 3.63) is 34.7 Å². The van der Waals surface area contributed by atoms with Crippen molar-refractivity contribution in [3.63, 3.8) is 0 Å². The Labute approximate surface area is 196 Å². The van der Waals surface area contributed by atoms with Crippen LogP contribution in [0.5, 0.6) is 6.01 Å². The number of aromatic amines is 1. The van der Waals surface area contributed by atoms with Crippen LogP contribution in [0.3, 0.4) is 0 Å². The number of hydrogen-bond donors (Lipinski definition) is 2. The summed E-state index contributed by atoms with van der Waals surface area (Å²) < 4.78 is 24.2. The Balaban J connectivity index is 1.20. The highest BCUT2D eigenvalue weighted by molar-refractivity contribution is 6.31. The first kappa shape index (κ1) is 22.5. The van der Waals surface area contributed by atoms with Crippen molar-refractivity contribution in [1.82, 2.24) is 24.7 Å². The fourth-order valence-corrected chi connectivity index (χ4v) is 4.53. The lowest BCUT2D eigenvalue weighted by molar-refractivity contribution is 0.00706. The third-order valence-corrected chi connectivity index (χ3v) is 6.35. The second-order valence-corrected chi connectivity index (χ2v) is 8.83. The van der Waals surface area contributed by atoms with Gasteiger partial charge >= 0.3 is 0 Å². The van der Waals surface area contributed by atoms with Crippen molar-refractivity contribution in [2.75, 3.05) is 26.9 Å². The van der Waals surface area contributed by atoms with E-state index in [-0.39, 0.29) is 24.9 Å². The minimum atomic E-state index is -0.621. The van der Waals surface area contributed by atoms with Crippen LogP contribution < -0.4 is 4.74 Å². The molecule has 0 aromatic carbocycles. The maximum atomic E-state index is 9.89. The van der Waals surface area contributed by atoms with E-state index in [4.69, 9.17) is 30.5 Å². The van der Waals surface area contributed by atoms with Gasteiger partial charge in [0.2, 0.25) is 0 Å². The zero-order valence-electron chi connectivity index (χ0n) is 18.4. The molecule has 5 rings (SSSR count). The van der Waals surface area contributed by atoms with Crippen LogP contribution in [0.15, 0.2) is 18.3 Å². The molecule has 2 N–H and O–H groups in total. The quantitative estimate of drug-likeness (QED) is 0.425. The number of rotatable bonds is 10. The second kappa shape index (κ2) is 9.94. The number of aliphatic hydroxyl groups excluding tert-OH is 1. The number of ether oxygens (including phenoxy) is 4. The topological polar surface area (TPSA) is 117 Å². The SMILES string of the molecule is COCCCCn1ccc(CCc2nc3nc(O[C@@H]4CO[C@H]5[C@@H]4OC[C@H]5O)[nH]c3cc2Cl)n1. The Morgan fingerprint density at radius 2 is 2.09 bits per heavy atom. The Bertz CT molecular complexity index is 1090. The summed E-state index contributed by atoms with van der Waals surface area (Å²) in [5, 5.41) is 15.1. The van der Waals surface area contributed by atoms with Crippen molar-refractivity contribution in [2.45, 2.75) is 56.6 Å². The van der Waals surface area contributed by atoms with Crippen LogP contribution in [-0.2, 0) is 33.6 Å². The molecule has 0 radical (unpaired) electrons. The molecule has 0 bridgehead atoms. The normalized spacial score (nSPS) is 24.6. The minimum absolute atomic E-state index is 0.252. The summed E-state index contributed by atoms with van der Waals surface area (Å²) >= 11 is 6.49. The fourth-order valence-electron chi connectivity index (χ4n) is 4.28. The highest BCUT2D eigenvalue weighted by Crippen LogP contribution is 2.30. The first-order valence-electron chi connectivity index (χ1n) is 11.2. The monoisotopic (exact) mass is 477 g/mol. The summed E-state index contributed by atoms with van der Waals surface area (Å²) in [5.74, 6) is 0. The van der Waals surface area contributed by atoms with Gasteiger partial charge in [0, 0.05) is 26.5 Å². The standard InChI is InChI=1S/C22H28ClN5O5/c1-30-9-3-2-7-28-8-6-13(27-28)4-5-15-14(23)10-16-21(24-15)26-22(25-16)33-18-12-32-19-17(29)11-31-20(18)19/h6,8,10,17-20,29H,2-5,7,9,11-12H2,1H3,(H,24,25,26)/t17-,18-,19-,20-/m1/s1.